The minimum Gasteiger partial charge on any atom is -0.481 e. The Morgan fingerprint density at radius 1 is 0.829 bits per heavy atom. The van der Waals surface area contributed by atoms with Gasteiger partial charge in [-0.3, -0.25) is 9.59 Å². The van der Waals surface area contributed by atoms with E-state index in [1.807, 2.05) is 13.0 Å². The number of hydrogen-bond donors (Lipinski definition) is 3. The van der Waals surface area contributed by atoms with Crippen LogP contribution in [0.3, 0.4) is 0 Å². The maximum atomic E-state index is 12.2. The Kier molecular flexibility index (Phi) is 14.9. The van der Waals surface area contributed by atoms with Gasteiger partial charge in [0.25, 0.3) is 0 Å². The number of carboxylic acids is 3. The van der Waals surface area contributed by atoms with Crippen molar-refractivity contribution in [3.8, 4) is 0 Å². The van der Waals surface area contributed by atoms with Gasteiger partial charge in [-0.25, -0.2) is 9.59 Å². The van der Waals surface area contributed by atoms with E-state index in [0.29, 0.717) is 11.8 Å². The molecule has 3 N–H and O–H groups in total. The van der Waals surface area contributed by atoms with Crippen molar-refractivity contribution in [1.82, 2.24) is 0 Å². The van der Waals surface area contributed by atoms with Gasteiger partial charge in [0, 0.05) is 5.57 Å². The molecule has 200 valence electrons. The molecule has 0 radical (unpaired) electrons. The molecule has 6 atom stereocenters. The number of hydrogen-bond acceptors (Lipinski definition) is 5. The van der Waals surface area contributed by atoms with Crippen LogP contribution in [-0.4, -0.2) is 45.3 Å². The largest absolute Gasteiger partial charge is 0.481 e. The second-order valence-electron chi connectivity index (χ2n) is 10.3. The third-order valence-electron chi connectivity index (χ3n) is 6.13. The summed E-state index contributed by atoms with van der Waals surface area (Å²) >= 11 is 0. The average Bonchev–Trinajstić information content (AvgIpc) is 2.71. The Labute approximate surface area is 209 Å². The SMILES string of the molecule is CCC(C)CC(C)CC(C)CC(C)C=C(C)C=C(CC(C)C(=O)O[C@@H](CC(=O)O)C(=O)O)C(=O)O. The van der Waals surface area contributed by atoms with Crippen molar-refractivity contribution in [1.29, 1.82) is 0 Å². The van der Waals surface area contributed by atoms with Crippen LogP contribution in [0.5, 0.6) is 0 Å². The molecule has 0 aliphatic rings. The van der Waals surface area contributed by atoms with Gasteiger partial charge in [0.1, 0.15) is 0 Å². The van der Waals surface area contributed by atoms with Crippen LogP contribution < -0.4 is 0 Å². The summed E-state index contributed by atoms with van der Waals surface area (Å²) in [6.07, 6.45) is 5.22. The Morgan fingerprint density at radius 3 is 1.86 bits per heavy atom. The van der Waals surface area contributed by atoms with Crippen molar-refractivity contribution in [3.05, 3.63) is 23.3 Å². The molecule has 0 bridgehead atoms. The molecule has 0 saturated heterocycles. The van der Waals surface area contributed by atoms with Crippen molar-refractivity contribution in [2.24, 2.45) is 29.6 Å². The molecule has 0 rings (SSSR count). The minimum atomic E-state index is -1.82. The number of allylic oxidation sites excluding steroid dienone is 3. The molecular weight excluding hydrogens is 452 g/mol. The topological polar surface area (TPSA) is 138 Å². The summed E-state index contributed by atoms with van der Waals surface area (Å²) in [5.74, 6) is -3.91. The van der Waals surface area contributed by atoms with E-state index in [9.17, 15) is 24.3 Å². The molecule has 0 aromatic carbocycles. The van der Waals surface area contributed by atoms with Gasteiger partial charge in [-0.2, -0.15) is 0 Å². The molecule has 0 aliphatic heterocycles. The number of aliphatic carboxylic acids is 3. The molecule has 0 fully saturated rings. The third kappa shape index (κ3) is 14.4. The van der Waals surface area contributed by atoms with Gasteiger partial charge in [-0.1, -0.05) is 59.6 Å². The lowest BCUT2D eigenvalue weighted by Crippen LogP contribution is -2.32. The number of carbonyl (C=O) groups is 4. The summed E-state index contributed by atoms with van der Waals surface area (Å²) in [6, 6.07) is 0. The minimum absolute atomic E-state index is 0.00395. The fourth-order valence-corrected chi connectivity index (χ4v) is 4.42. The highest BCUT2D eigenvalue weighted by Crippen LogP contribution is 2.26. The molecule has 0 aromatic heterocycles. The molecule has 5 unspecified atom stereocenters. The summed E-state index contributed by atoms with van der Waals surface area (Å²) in [4.78, 5) is 45.9. The Hall–Kier alpha value is -2.64. The fraction of sp³-hybridized carbons (Fsp3) is 0.704. The Morgan fingerprint density at radius 2 is 1.37 bits per heavy atom. The lowest BCUT2D eigenvalue weighted by molar-refractivity contribution is -0.169. The maximum Gasteiger partial charge on any atom is 0.345 e. The zero-order valence-electron chi connectivity index (χ0n) is 22.2. The third-order valence-corrected chi connectivity index (χ3v) is 6.13. The van der Waals surface area contributed by atoms with E-state index < -0.39 is 42.3 Å². The van der Waals surface area contributed by atoms with Crippen LogP contribution in [-0.2, 0) is 23.9 Å². The molecule has 8 nitrogen and oxygen atoms in total. The van der Waals surface area contributed by atoms with E-state index in [2.05, 4.69) is 34.6 Å². The first-order valence-electron chi connectivity index (χ1n) is 12.4. The van der Waals surface area contributed by atoms with Gasteiger partial charge in [-0.15, -0.1) is 0 Å². The molecule has 0 spiro atoms. The van der Waals surface area contributed by atoms with Crippen LogP contribution in [0, 0.1) is 29.6 Å². The first-order valence-corrected chi connectivity index (χ1v) is 12.4. The monoisotopic (exact) mass is 496 g/mol. The number of esters is 1. The van der Waals surface area contributed by atoms with E-state index in [-0.39, 0.29) is 17.9 Å². The predicted molar refractivity (Wildman–Crippen MR) is 134 cm³/mol. The highest BCUT2D eigenvalue weighted by molar-refractivity contribution is 5.89. The summed E-state index contributed by atoms with van der Waals surface area (Å²) in [5, 5.41) is 27.4. The van der Waals surface area contributed by atoms with Gasteiger partial charge in [0.05, 0.1) is 12.3 Å². The molecule has 0 aliphatic carbocycles. The number of carbonyl (C=O) groups excluding carboxylic acids is 1. The van der Waals surface area contributed by atoms with Crippen LogP contribution in [0.2, 0.25) is 0 Å². The van der Waals surface area contributed by atoms with Crippen LogP contribution >= 0.6 is 0 Å². The Balaban J connectivity index is 5.13. The summed E-state index contributed by atoms with van der Waals surface area (Å²) < 4.78 is 4.79. The second kappa shape index (κ2) is 16.1. The standard InChI is InChI=1S/C27H44O8/c1-8-16(2)9-17(3)10-18(4)11-19(5)12-20(6)13-22(25(30)31)14-21(7)27(34)35-23(26(32)33)15-24(28)29/h12-13,16-19,21,23H,8-11,14-15H2,1-7H3,(H,28,29)(H,30,31)(H,32,33)/t16?,17?,18?,19?,21?,23-/m0/s1. The van der Waals surface area contributed by atoms with Gasteiger partial charge >= 0.3 is 23.9 Å². The van der Waals surface area contributed by atoms with Crippen LogP contribution in [0.15, 0.2) is 23.3 Å². The van der Waals surface area contributed by atoms with Crippen molar-refractivity contribution >= 4 is 23.9 Å². The first kappa shape index (κ1) is 32.4. The van der Waals surface area contributed by atoms with Crippen molar-refractivity contribution < 1.29 is 39.2 Å². The molecule has 8 heteroatoms. The van der Waals surface area contributed by atoms with Gasteiger partial charge in [0.2, 0.25) is 6.10 Å². The smallest absolute Gasteiger partial charge is 0.345 e. The zero-order chi connectivity index (χ0) is 27.3. The number of rotatable bonds is 17. The highest BCUT2D eigenvalue weighted by atomic mass is 16.6. The van der Waals surface area contributed by atoms with E-state index in [4.69, 9.17) is 14.9 Å². The van der Waals surface area contributed by atoms with Crippen molar-refractivity contribution in [2.75, 3.05) is 0 Å². The van der Waals surface area contributed by atoms with E-state index in [1.54, 1.807) is 0 Å². The lowest BCUT2D eigenvalue weighted by Gasteiger charge is -2.21. The van der Waals surface area contributed by atoms with E-state index in [0.717, 1.165) is 24.3 Å². The maximum absolute atomic E-state index is 12.2. The predicted octanol–water partition coefficient (Wildman–Crippen LogP) is 5.57. The average molecular weight is 497 g/mol. The number of carboxylic acid groups (broad SMARTS) is 3. The van der Waals surface area contributed by atoms with Crippen molar-refractivity contribution in [2.45, 2.75) is 93.1 Å². The summed E-state index contributed by atoms with van der Waals surface area (Å²) in [5.41, 5.74) is 0.764. The highest BCUT2D eigenvalue weighted by Gasteiger charge is 2.28. The first-order chi connectivity index (χ1) is 16.2. The van der Waals surface area contributed by atoms with Crippen molar-refractivity contribution in [3.63, 3.8) is 0 Å². The Bertz CT molecular complexity index is 782. The molecule has 0 saturated carbocycles. The zero-order valence-corrected chi connectivity index (χ0v) is 22.2. The van der Waals surface area contributed by atoms with Crippen LogP contribution in [0.4, 0.5) is 0 Å². The van der Waals surface area contributed by atoms with Gasteiger partial charge in [0.15, 0.2) is 0 Å². The summed E-state index contributed by atoms with van der Waals surface area (Å²) in [7, 11) is 0. The molecule has 0 aromatic rings. The second-order valence-corrected chi connectivity index (χ2v) is 10.3. The van der Waals surface area contributed by atoms with Crippen LogP contribution in [0.1, 0.15) is 87.0 Å². The molecule has 35 heavy (non-hydrogen) atoms. The number of ether oxygens (including phenoxy) is 1. The van der Waals surface area contributed by atoms with Crippen LogP contribution in [0.25, 0.3) is 0 Å². The lowest BCUT2D eigenvalue weighted by atomic mass is 9.84. The fourth-order valence-electron chi connectivity index (χ4n) is 4.42. The van der Waals surface area contributed by atoms with E-state index >= 15 is 0 Å². The molecule has 0 amide bonds. The quantitative estimate of drug-likeness (QED) is 0.135. The van der Waals surface area contributed by atoms with Gasteiger partial charge in [-0.05, 0) is 62.4 Å². The summed E-state index contributed by atoms with van der Waals surface area (Å²) in [6.45, 7) is 14.4. The molecule has 0 heterocycles. The normalized spacial score (nSPS) is 17.6. The van der Waals surface area contributed by atoms with E-state index in [1.165, 1.54) is 25.8 Å². The molecular formula is C27H44O8. The van der Waals surface area contributed by atoms with Gasteiger partial charge < -0.3 is 20.1 Å².